The number of amides is 1. The number of hydrogen-bond donors (Lipinski definition) is 1. The van der Waals surface area contributed by atoms with Crippen molar-refractivity contribution in [1.29, 1.82) is 0 Å². The molecule has 1 fully saturated rings. The maximum Gasteiger partial charge on any atom is 0.223 e. The molecule has 1 aromatic heterocycles. The lowest BCUT2D eigenvalue weighted by atomic mass is 9.95. The van der Waals surface area contributed by atoms with Gasteiger partial charge in [0, 0.05) is 48.2 Å². The van der Waals surface area contributed by atoms with Gasteiger partial charge in [0.2, 0.25) is 5.91 Å². The van der Waals surface area contributed by atoms with Gasteiger partial charge in [-0.3, -0.25) is 9.69 Å². The second-order valence-corrected chi connectivity index (χ2v) is 8.59. The van der Waals surface area contributed by atoms with Crippen LogP contribution in [0.3, 0.4) is 0 Å². The fourth-order valence-corrected chi connectivity index (χ4v) is 4.54. The molecule has 0 unspecified atom stereocenters. The highest BCUT2D eigenvalue weighted by atomic mass is 35.5. The number of nitrogens with one attached hydrogen (secondary N) is 1. The Kier molecular flexibility index (Phi) is 7.99. The SMILES string of the molecule is CCN(CC)CCCNC(=O)C1CCN(Cc2cn(C)c3ccc(Cl)cc23)CC1. The lowest BCUT2D eigenvalue weighted by Crippen LogP contribution is -2.40. The van der Waals surface area contributed by atoms with Crippen LogP contribution in [0.2, 0.25) is 5.02 Å². The van der Waals surface area contributed by atoms with Gasteiger partial charge >= 0.3 is 0 Å². The molecular weight excluding hydrogens is 384 g/mol. The third kappa shape index (κ3) is 5.74. The van der Waals surface area contributed by atoms with E-state index in [4.69, 9.17) is 11.6 Å². The molecule has 0 radical (unpaired) electrons. The fourth-order valence-electron chi connectivity index (χ4n) is 4.36. The molecular formula is C23H35ClN4O. The first-order valence-electron chi connectivity index (χ1n) is 11.0. The minimum absolute atomic E-state index is 0.154. The Morgan fingerprint density at radius 1 is 1.24 bits per heavy atom. The Balaban J connectivity index is 1.45. The number of halogens is 1. The maximum atomic E-state index is 12.5. The van der Waals surface area contributed by atoms with Crippen molar-refractivity contribution in [2.75, 3.05) is 39.3 Å². The molecule has 6 heteroatoms. The number of nitrogens with zero attached hydrogens (tertiary/aromatic N) is 3. The van der Waals surface area contributed by atoms with E-state index >= 15 is 0 Å². The Labute approximate surface area is 180 Å². The number of benzene rings is 1. The first-order valence-corrected chi connectivity index (χ1v) is 11.4. The van der Waals surface area contributed by atoms with Crippen LogP contribution in [-0.2, 0) is 18.4 Å². The van der Waals surface area contributed by atoms with Crippen molar-refractivity contribution in [3.8, 4) is 0 Å². The van der Waals surface area contributed by atoms with E-state index in [0.29, 0.717) is 0 Å². The molecule has 1 aromatic carbocycles. The van der Waals surface area contributed by atoms with Crippen molar-refractivity contribution >= 4 is 28.4 Å². The highest BCUT2D eigenvalue weighted by Gasteiger charge is 2.25. The van der Waals surface area contributed by atoms with Crippen molar-refractivity contribution in [3.05, 3.63) is 35.0 Å². The van der Waals surface area contributed by atoms with Gasteiger partial charge < -0.3 is 14.8 Å². The predicted molar refractivity (Wildman–Crippen MR) is 121 cm³/mol. The fraction of sp³-hybridized carbons (Fsp3) is 0.609. The largest absolute Gasteiger partial charge is 0.356 e. The van der Waals surface area contributed by atoms with Crippen LogP contribution in [0.25, 0.3) is 10.9 Å². The van der Waals surface area contributed by atoms with Crippen LogP contribution in [0.15, 0.2) is 24.4 Å². The average molecular weight is 419 g/mol. The van der Waals surface area contributed by atoms with E-state index in [2.05, 4.69) is 58.9 Å². The van der Waals surface area contributed by atoms with E-state index in [-0.39, 0.29) is 11.8 Å². The smallest absolute Gasteiger partial charge is 0.223 e. The second-order valence-electron chi connectivity index (χ2n) is 8.15. The summed E-state index contributed by atoms with van der Waals surface area (Å²) in [6, 6.07) is 6.09. The van der Waals surface area contributed by atoms with E-state index < -0.39 is 0 Å². The number of hydrogen-bond acceptors (Lipinski definition) is 3. The van der Waals surface area contributed by atoms with Gasteiger partial charge in [-0.1, -0.05) is 25.4 Å². The lowest BCUT2D eigenvalue weighted by Gasteiger charge is -2.31. The number of rotatable bonds is 9. The van der Waals surface area contributed by atoms with Crippen LogP contribution in [0.4, 0.5) is 0 Å². The van der Waals surface area contributed by atoms with Crippen molar-refractivity contribution in [1.82, 2.24) is 19.7 Å². The Bertz CT molecular complexity index is 807. The average Bonchev–Trinajstić information content (AvgIpc) is 3.03. The summed E-state index contributed by atoms with van der Waals surface area (Å²) in [7, 11) is 2.08. The van der Waals surface area contributed by atoms with Crippen LogP contribution in [0.5, 0.6) is 0 Å². The molecule has 0 bridgehead atoms. The number of carbonyl (C=O) groups is 1. The zero-order valence-electron chi connectivity index (χ0n) is 18.1. The summed E-state index contributed by atoms with van der Waals surface area (Å²) in [5.41, 5.74) is 2.52. The molecule has 2 aromatic rings. The molecule has 5 nitrogen and oxygen atoms in total. The standard InChI is InChI=1S/C23H35ClN4O/c1-4-27(5-2)12-6-11-25-23(29)18-9-13-28(14-10-18)17-19-16-26(3)22-8-7-20(24)15-21(19)22/h7-8,15-16,18H,4-6,9-14,17H2,1-3H3,(H,25,29). The predicted octanol–water partition coefficient (Wildman–Crippen LogP) is 3.89. The summed E-state index contributed by atoms with van der Waals surface area (Å²) in [5, 5.41) is 5.16. The van der Waals surface area contributed by atoms with Crippen LogP contribution in [0, 0.1) is 5.92 Å². The molecule has 29 heavy (non-hydrogen) atoms. The van der Waals surface area contributed by atoms with Crippen LogP contribution >= 0.6 is 11.6 Å². The van der Waals surface area contributed by atoms with E-state index in [9.17, 15) is 4.79 Å². The van der Waals surface area contributed by atoms with Crippen molar-refractivity contribution in [2.45, 2.75) is 39.7 Å². The number of fused-ring (bicyclic) bond motifs is 1. The minimum atomic E-state index is 0.154. The van der Waals surface area contributed by atoms with Gasteiger partial charge in [-0.05, 0) is 75.7 Å². The van der Waals surface area contributed by atoms with Gasteiger partial charge in [-0.2, -0.15) is 0 Å². The molecule has 160 valence electrons. The Morgan fingerprint density at radius 3 is 2.66 bits per heavy atom. The van der Waals surface area contributed by atoms with E-state index in [1.165, 1.54) is 16.5 Å². The monoisotopic (exact) mass is 418 g/mol. The molecule has 0 saturated carbocycles. The number of carbonyl (C=O) groups excluding carboxylic acids is 1. The quantitative estimate of drug-likeness (QED) is 0.628. The summed E-state index contributed by atoms with van der Waals surface area (Å²) in [5.74, 6) is 0.391. The molecule has 1 aliphatic heterocycles. The van der Waals surface area contributed by atoms with Gasteiger partial charge in [-0.25, -0.2) is 0 Å². The molecule has 2 heterocycles. The number of piperidine rings is 1. The summed E-state index contributed by atoms with van der Waals surface area (Å²) >= 11 is 6.21. The first kappa shape index (κ1) is 22.1. The van der Waals surface area contributed by atoms with Gasteiger partial charge in [-0.15, -0.1) is 0 Å². The number of aromatic nitrogens is 1. The zero-order valence-corrected chi connectivity index (χ0v) is 18.8. The van der Waals surface area contributed by atoms with E-state index in [1.807, 2.05) is 6.07 Å². The van der Waals surface area contributed by atoms with Crippen molar-refractivity contribution in [2.24, 2.45) is 13.0 Å². The molecule has 1 N–H and O–H groups in total. The number of likely N-dealkylation sites (tertiary alicyclic amines) is 1. The first-order chi connectivity index (χ1) is 14.0. The molecule has 1 aliphatic rings. The van der Waals surface area contributed by atoms with Crippen LogP contribution in [0.1, 0.15) is 38.7 Å². The summed E-state index contributed by atoms with van der Waals surface area (Å²) in [6.45, 7) is 11.2. The normalized spacial score (nSPS) is 16.0. The number of aryl methyl sites for hydroxylation is 1. The van der Waals surface area contributed by atoms with Crippen molar-refractivity contribution < 1.29 is 4.79 Å². The lowest BCUT2D eigenvalue weighted by molar-refractivity contribution is -0.126. The van der Waals surface area contributed by atoms with Crippen LogP contribution in [-0.4, -0.2) is 59.5 Å². The second kappa shape index (κ2) is 10.5. The Hall–Kier alpha value is -1.56. The molecule has 0 aliphatic carbocycles. The van der Waals surface area contributed by atoms with Gasteiger partial charge in [0.05, 0.1) is 0 Å². The molecule has 1 amide bonds. The van der Waals surface area contributed by atoms with Crippen molar-refractivity contribution in [3.63, 3.8) is 0 Å². The van der Waals surface area contributed by atoms with E-state index in [1.54, 1.807) is 0 Å². The topological polar surface area (TPSA) is 40.5 Å². The highest BCUT2D eigenvalue weighted by Crippen LogP contribution is 2.27. The van der Waals surface area contributed by atoms with Gasteiger partial charge in [0.1, 0.15) is 0 Å². The molecule has 0 atom stereocenters. The summed E-state index contributed by atoms with van der Waals surface area (Å²) in [4.78, 5) is 17.4. The highest BCUT2D eigenvalue weighted by molar-refractivity contribution is 6.31. The van der Waals surface area contributed by atoms with Crippen LogP contribution < -0.4 is 5.32 Å². The Morgan fingerprint density at radius 2 is 1.97 bits per heavy atom. The molecule has 0 spiro atoms. The zero-order chi connectivity index (χ0) is 20.8. The van der Waals surface area contributed by atoms with Gasteiger partial charge in [0.25, 0.3) is 0 Å². The van der Waals surface area contributed by atoms with E-state index in [0.717, 1.165) is 70.1 Å². The summed E-state index contributed by atoms with van der Waals surface area (Å²) < 4.78 is 2.17. The third-order valence-electron chi connectivity index (χ3n) is 6.23. The van der Waals surface area contributed by atoms with Gasteiger partial charge in [0.15, 0.2) is 0 Å². The summed E-state index contributed by atoms with van der Waals surface area (Å²) in [6.07, 6.45) is 5.10. The maximum absolute atomic E-state index is 12.5. The minimum Gasteiger partial charge on any atom is -0.356 e. The third-order valence-corrected chi connectivity index (χ3v) is 6.47. The molecule has 3 rings (SSSR count). The molecule has 1 saturated heterocycles.